The van der Waals surface area contributed by atoms with E-state index >= 15 is 0 Å². The molecule has 0 aromatic carbocycles. The van der Waals surface area contributed by atoms with Gasteiger partial charge in [0.05, 0.1) is 19.3 Å². The number of hydrogen-bond donors (Lipinski definition) is 1. The van der Waals surface area contributed by atoms with Crippen LogP contribution in [0, 0.1) is 0 Å². The fourth-order valence-corrected chi connectivity index (χ4v) is 2.94. The van der Waals surface area contributed by atoms with E-state index in [9.17, 15) is 0 Å². The Kier molecular flexibility index (Phi) is 5.85. The molecule has 2 atom stereocenters. The standard InChI is InChI=1S/C13H27N3O2/c1-2-18-13(9-14)11-15-4-3-12(10-15)16-5-7-17-8-6-16/h12-13H,2-11,14H2,1H3. The van der Waals surface area contributed by atoms with Crippen molar-refractivity contribution in [3.63, 3.8) is 0 Å². The van der Waals surface area contributed by atoms with Crippen LogP contribution in [0.25, 0.3) is 0 Å². The smallest absolute Gasteiger partial charge is 0.0823 e. The van der Waals surface area contributed by atoms with Gasteiger partial charge in [-0.3, -0.25) is 9.80 Å². The Morgan fingerprint density at radius 2 is 2.11 bits per heavy atom. The first-order valence-electron chi connectivity index (χ1n) is 7.19. The number of likely N-dealkylation sites (tertiary alicyclic amines) is 1. The van der Waals surface area contributed by atoms with Crippen molar-refractivity contribution in [3.8, 4) is 0 Å². The van der Waals surface area contributed by atoms with Crippen LogP contribution in [0.4, 0.5) is 0 Å². The molecule has 0 spiro atoms. The molecule has 2 heterocycles. The fraction of sp³-hybridized carbons (Fsp3) is 1.00. The maximum Gasteiger partial charge on any atom is 0.0823 e. The summed E-state index contributed by atoms with van der Waals surface area (Å²) in [5, 5.41) is 0. The number of nitrogens with two attached hydrogens (primary N) is 1. The van der Waals surface area contributed by atoms with Gasteiger partial charge in [-0.1, -0.05) is 0 Å². The molecule has 106 valence electrons. The van der Waals surface area contributed by atoms with E-state index in [0.717, 1.165) is 46.0 Å². The second-order valence-electron chi connectivity index (χ2n) is 5.16. The van der Waals surface area contributed by atoms with Crippen LogP contribution in [0.1, 0.15) is 13.3 Å². The van der Waals surface area contributed by atoms with E-state index in [1.807, 2.05) is 6.92 Å². The van der Waals surface area contributed by atoms with Gasteiger partial charge in [0.15, 0.2) is 0 Å². The average molecular weight is 257 g/mol. The highest BCUT2D eigenvalue weighted by molar-refractivity contribution is 4.85. The Hall–Kier alpha value is -0.200. The minimum atomic E-state index is 0.193. The van der Waals surface area contributed by atoms with Crippen molar-refractivity contribution in [2.75, 3.05) is 59.1 Å². The molecular weight excluding hydrogens is 230 g/mol. The van der Waals surface area contributed by atoms with Crippen molar-refractivity contribution in [2.45, 2.75) is 25.5 Å². The monoisotopic (exact) mass is 257 g/mol. The Balaban J connectivity index is 1.73. The number of morpholine rings is 1. The molecule has 2 N–H and O–H groups in total. The summed E-state index contributed by atoms with van der Waals surface area (Å²) >= 11 is 0. The maximum atomic E-state index is 5.74. The third kappa shape index (κ3) is 3.90. The van der Waals surface area contributed by atoms with Crippen LogP contribution in [0.15, 0.2) is 0 Å². The van der Waals surface area contributed by atoms with E-state index in [-0.39, 0.29) is 6.10 Å². The number of rotatable bonds is 6. The zero-order valence-electron chi connectivity index (χ0n) is 11.5. The first-order valence-corrected chi connectivity index (χ1v) is 7.19. The largest absolute Gasteiger partial charge is 0.379 e. The summed E-state index contributed by atoms with van der Waals surface area (Å²) in [6.07, 6.45) is 1.46. The lowest BCUT2D eigenvalue weighted by Crippen LogP contribution is -2.45. The van der Waals surface area contributed by atoms with Crippen LogP contribution < -0.4 is 5.73 Å². The zero-order valence-corrected chi connectivity index (χ0v) is 11.5. The molecule has 0 amide bonds. The lowest BCUT2D eigenvalue weighted by atomic mass is 10.2. The Labute approximate surface area is 110 Å². The Morgan fingerprint density at radius 3 is 2.78 bits per heavy atom. The van der Waals surface area contributed by atoms with Crippen molar-refractivity contribution in [1.29, 1.82) is 0 Å². The van der Waals surface area contributed by atoms with Gasteiger partial charge >= 0.3 is 0 Å². The molecule has 0 saturated carbocycles. The van der Waals surface area contributed by atoms with Crippen molar-refractivity contribution < 1.29 is 9.47 Å². The van der Waals surface area contributed by atoms with Gasteiger partial charge in [-0.2, -0.15) is 0 Å². The molecule has 0 aromatic rings. The highest BCUT2D eigenvalue weighted by Gasteiger charge is 2.29. The molecule has 2 saturated heterocycles. The Morgan fingerprint density at radius 1 is 1.33 bits per heavy atom. The summed E-state index contributed by atoms with van der Waals surface area (Å²) in [5.41, 5.74) is 5.74. The molecule has 2 fully saturated rings. The van der Waals surface area contributed by atoms with Gasteiger partial charge < -0.3 is 15.2 Å². The number of ether oxygens (including phenoxy) is 2. The lowest BCUT2D eigenvalue weighted by molar-refractivity contribution is 0.0148. The summed E-state index contributed by atoms with van der Waals surface area (Å²) in [6, 6.07) is 0.703. The molecule has 2 rings (SSSR count). The van der Waals surface area contributed by atoms with Crippen LogP contribution in [0.5, 0.6) is 0 Å². The topological polar surface area (TPSA) is 51.0 Å². The summed E-state index contributed by atoms with van der Waals surface area (Å²) in [7, 11) is 0. The molecule has 18 heavy (non-hydrogen) atoms. The molecule has 0 aliphatic carbocycles. The van der Waals surface area contributed by atoms with Crippen molar-refractivity contribution >= 4 is 0 Å². The van der Waals surface area contributed by atoms with Crippen molar-refractivity contribution in [2.24, 2.45) is 5.73 Å². The van der Waals surface area contributed by atoms with Gasteiger partial charge in [-0.05, 0) is 19.9 Å². The first kappa shape index (κ1) is 14.2. The summed E-state index contributed by atoms with van der Waals surface area (Å²) in [5.74, 6) is 0. The molecule has 5 heteroatoms. The number of nitrogens with zero attached hydrogens (tertiary/aromatic N) is 2. The highest BCUT2D eigenvalue weighted by Crippen LogP contribution is 2.17. The van der Waals surface area contributed by atoms with Gasteiger partial charge in [0.2, 0.25) is 0 Å². The van der Waals surface area contributed by atoms with E-state index in [4.69, 9.17) is 15.2 Å². The van der Waals surface area contributed by atoms with Gasteiger partial charge in [-0.25, -0.2) is 0 Å². The fourth-order valence-electron chi connectivity index (χ4n) is 2.94. The van der Waals surface area contributed by atoms with Gasteiger partial charge in [0, 0.05) is 45.4 Å². The molecule has 2 aliphatic heterocycles. The molecule has 2 aliphatic rings. The predicted molar refractivity (Wildman–Crippen MR) is 71.7 cm³/mol. The van der Waals surface area contributed by atoms with E-state index in [2.05, 4.69) is 9.80 Å². The van der Waals surface area contributed by atoms with E-state index in [1.54, 1.807) is 0 Å². The van der Waals surface area contributed by atoms with Crippen molar-refractivity contribution in [1.82, 2.24) is 9.80 Å². The lowest BCUT2D eigenvalue weighted by Gasteiger charge is -2.32. The first-order chi connectivity index (χ1) is 8.83. The van der Waals surface area contributed by atoms with Crippen LogP contribution in [0.3, 0.4) is 0 Å². The average Bonchev–Trinajstić information content (AvgIpc) is 2.88. The molecule has 2 unspecified atom stereocenters. The van der Waals surface area contributed by atoms with E-state index < -0.39 is 0 Å². The summed E-state index contributed by atoms with van der Waals surface area (Å²) < 4.78 is 11.0. The highest BCUT2D eigenvalue weighted by atomic mass is 16.5. The van der Waals surface area contributed by atoms with E-state index in [1.165, 1.54) is 13.0 Å². The quantitative estimate of drug-likeness (QED) is 0.711. The van der Waals surface area contributed by atoms with Crippen LogP contribution >= 0.6 is 0 Å². The van der Waals surface area contributed by atoms with Crippen LogP contribution in [-0.2, 0) is 9.47 Å². The molecular formula is C13H27N3O2. The Bertz CT molecular complexity index is 234. The molecule has 0 bridgehead atoms. The van der Waals surface area contributed by atoms with Crippen LogP contribution in [0.2, 0.25) is 0 Å². The number of hydrogen-bond acceptors (Lipinski definition) is 5. The second kappa shape index (κ2) is 7.40. The van der Waals surface area contributed by atoms with Gasteiger partial charge in [0.1, 0.15) is 0 Å². The van der Waals surface area contributed by atoms with Gasteiger partial charge in [-0.15, -0.1) is 0 Å². The summed E-state index contributed by atoms with van der Waals surface area (Å²) in [4.78, 5) is 5.06. The van der Waals surface area contributed by atoms with Gasteiger partial charge in [0.25, 0.3) is 0 Å². The predicted octanol–water partition coefficient (Wildman–Crippen LogP) is -0.243. The minimum Gasteiger partial charge on any atom is -0.379 e. The third-order valence-electron chi connectivity index (χ3n) is 3.94. The maximum absolute atomic E-state index is 5.74. The summed E-state index contributed by atoms with van der Waals surface area (Å²) in [6.45, 7) is 10.7. The minimum absolute atomic E-state index is 0.193. The normalized spacial score (nSPS) is 28.7. The second-order valence-corrected chi connectivity index (χ2v) is 5.16. The van der Waals surface area contributed by atoms with Crippen molar-refractivity contribution in [3.05, 3.63) is 0 Å². The van der Waals surface area contributed by atoms with Crippen LogP contribution in [-0.4, -0.2) is 81.0 Å². The molecule has 0 radical (unpaired) electrons. The molecule has 5 nitrogen and oxygen atoms in total. The molecule has 0 aromatic heterocycles. The van der Waals surface area contributed by atoms with E-state index in [0.29, 0.717) is 12.6 Å². The third-order valence-corrected chi connectivity index (χ3v) is 3.94. The SMILES string of the molecule is CCOC(CN)CN1CCC(N2CCOCC2)C1. The zero-order chi connectivity index (χ0) is 12.8.